The first kappa shape index (κ1) is 36.3. The molecular weight excluding hydrogens is 676 g/mol. The molecule has 3 aliphatic heterocycles. The van der Waals surface area contributed by atoms with Crippen LogP contribution in [0.5, 0.6) is 0 Å². The van der Waals surface area contributed by atoms with E-state index in [-0.39, 0.29) is 47.8 Å². The molecule has 36 heavy (non-hydrogen) atoms. The summed E-state index contributed by atoms with van der Waals surface area (Å²) >= 11 is 0. The van der Waals surface area contributed by atoms with E-state index in [2.05, 4.69) is 38.2 Å². The average Bonchev–Trinajstić information content (AvgIpc) is 3.04. The largest absolute Gasteiger partial charge is 2.00 e. The molecule has 4 aliphatic rings. The Kier molecular flexibility index (Phi) is 12.8. The zero-order valence-electron chi connectivity index (χ0n) is 24.0. The zero-order valence-corrected chi connectivity index (χ0v) is 28.2. The molecule has 3 saturated heterocycles. The van der Waals surface area contributed by atoms with Crippen molar-refractivity contribution in [1.29, 1.82) is 0 Å². The van der Waals surface area contributed by atoms with Gasteiger partial charge in [0.05, 0.1) is 22.4 Å². The van der Waals surface area contributed by atoms with Crippen molar-refractivity contribution < 1.29 is 52.5 Å². The van der Waals surface area contributed by atoms with Gasteiger partial charge in [0.1, 0.15) is 0 Å². The summed E-state index contributed by atoms with van der Waals surface area (Å²) < 4.78 is 29.7. The summed E-state index contributed by atoms with van der Waals surface area (Å²) in [6.07, 6.45) is 15.3. The van der Waals surface area contributed by atoms with Gasteiger partial charge in [0, 0.05) is 0 Å². The molecule has 7 nitrogen and oxygen atoms in total. The summed E-state index contributed by atoms with van der Waals surface area (Å²) in [6.45, 7) is 15.9. The predicted octanol–water partition coefficient (Wildman–Crippen LogP) is 5.66. The Bertz CT molecular complexity index is 713. The number of rotatable bonds is 2. The van der Waals surface area contributed by atoms with Crippen molar-refractivity contribution in [2.24, 2.45) is 11.8 Å². The van der Waals surface area contributed by atoms with Gasteiger partial charge in [-0.05, 0) is 78.1 Å². The van der Waals surface area contributed by atoms with Crippen LogP contribution in [0.3, 0.4) is 0 Å². The third kappa shape index (κ3) is 6.21. The fourth-order valence-electron chi connectivity index (χ4n) is 5.62. The van der Waals surface area contributed by atoms with Crippen molar-refractivity contribution >= 4 is 18.1 Å². The standard InChI is InChI=1S/C16H32O7Si2.C8H12.2CH3.Pt/c1-9-13(5)15(7)11(3)12(4)16(8)14(6,10-2)20-25(18,22-16)23-24(17,19-13)21-15;1-2-4-6-8-7-5-3-1;;;/h11-12,17-18H,9-10H2,1-8H3;1-2,7-8H,3-6H2;2*1H3;/q;;2*-1;+2/b;2-1-,8-7?;;;. The van der Waals surface area contributed by atoms with Gasteiger partial charge in [0.2, 0.25) is 0 Å². The van der Waals surface area contributed by atoms with E-state index in [4.69, 9.17) is 21.8 Å². The molecule has 3 heterocycles. The minimum atomic E-state index is -4.13. The van der Waals surface area contributed by atoms with Gasteiger partial charge in [0.25, 0.3) is 0 Å². The molecule has 8 atom stereocenters. The van der Waals surface area contributed by atoms with E-state index in [0.717, 1.165) is 0 Å². The SMILES string of the molecule is C1=CCC/C=C\CC1.CCC1(C)O[Si]2(O)OC1(C)C(C)C(C)C1(C)O[Si](O)(OC1(C)CC)O2.[CH3-].[CH3-].[Pt+2]. The van der Waals surface area contributed by atoms with E-state index in [1.807, 2.05) is 41.5 Å². The van der Waals surface area contributed by atoms with Gasteiger partial charge in [-0.3, -0.25) is 0 Å². The Morgan fingerprint density at radius 2 is 0.944 bits per heavy atom. The minimum Gasteiger partial charge on any atom is -0.368 e. The van der Waals surface area contributed by atoms with Gasteiger partial charge >= 0.3 is 39.2 Å². The summed E-state index contributed by atoms with van der Waals surface area (Å²) in [6, 6.07) is 0. The Morgan fingerprint density at radius 1 is 0.667 bits per heavy atom. The van der Waals surface area contributed by atoms with Crippen LogP contribution in [0.4, 0.5) is 0 Å². The second kappa shape index (κ2) is 12.7. The summed E-state index contributed by atoms with van der Waals surface area (Å²) in [4.78, 5) is 22.0. The summed E-state index contributed by atoms with van der Waals surface area (Å²) in [5, 5.41) is 0. The molecule has 0 saturated carbocycles. The van der Waals surface area contributed by atoms with Crippen molar-refractivity contribution in [3.63, 3.8) is 0 Å². The third-order valence-electron chi connectivity index (χ3n) is 8.92. The third-order valence-corrected chi connectivity index (χ3v) is 13.8. The average molecular weight is 726 g/mol. The Morgan fingerprint density at radius 3 is 1.19 bits per heavy atom. The van der Waals surface area contributed by atoms with E-state index in [9.17, 15) is 9.59 Å². The van der Waals surface area contributed by atoms with Crippen LogP contribution >= 0.6 is 0 Å². The Balaban J connectivity index is 0.000000959. The first-order valence-electron chi connectivity index (χ1n) is 12.5. The molecule has 0 aromatic heterocycles. The summed E-state index contributed by atoms with van der Waals surface area (Å²) in [7, 11) is -8.26. The van der Waals surface area contributed by atoms with Crippen LogP contribution in [0.1, 0.15) is 93.9 Å². The van der Waals surface area contributed by atoms with Gasteiger partial charge in [-0.25, -0.2) is 0 Å². The Hall–Kier alpha value is 0.322. The number of fused-ring (bicyclic) bond motifs is 4. The Labute approximate surface area is 237 Å². The first-order valence-corrected chi connectivity index (χ1v) is 15.8. The van der Waals surface area contributed by atoms with Crippen molar-refractivity contribution in [3.8, 4) is 0 Å². The van der Waals surface area contributed by atoms with Gasteiger partial charge in [-0.15, -0.1) is 0 Å². The minimum absolute atomic E-state index is 0. The van der Waals surface area contributed by atoms with Crippen LogP contribution in [-0.4, -0.2) is 50.1 Å². The maximum Gasteiger partial charge on any atom is 2.00 e. The number of hydrogen-bond donors (Lipinski definition) is 2. The first-order chi connectivity index (χ1) is 15.2. The molecule has 1 aliphatic carbocycles. The second-order valence-corrected chi connectivity index (χ2v) is 14.3. The fourth-order valence-corrected chi connectivity index (χ4v) is 11.4. The maximum atomic E-state index is 11.0. The molecule has 0 aromatic rings. The second-order valence-electron chi connectivity index (χ2n) is 10.6. The molecule has 0 aromatic carbocycles. The molecule has 10 heteroatoms. The van der Waals surface area contributed by atoms with E-state index in [0.29, 0.717) is 12.8 Å². The van der Waals surface area contributed by atoms with E-state index >= 15 is 0 Å². The molecule has 4 bridgehead atoms. The molecule has 4 rings (SSSR count). The fraction of sp³-hybridized carbons (Fsp3) is 0.769. The molecule has 0 amide bonds. The van der Waals surface area contributed by atoms with Gasteiger partial charge in [-0.1, -0.05) is 52.0 Å². The van der Waals surface area contributed by atoms with Crippen LogP contribution in [0.2, 0.25) is 0 Å². The van der Waals surface area contributed by atoms with Gasteiger partial charge in [0.15, 0.2) is 0 Å². The van der Waals surface area contributed by atoms with E-state index in [1.54, 1.807) is 0 Å². The molecule has 0 spiro atoms. The van der Waals surface area contributed by atoms with Crippen molar-refractivity contribution in [1.82, 2.24) is 0 Å². The maximum absolute atomic E-state index is 11.0. The van der Waals surface area contributed by atoms with E-state index in [1.165, 1.54) is 25.7 Å². The van der Waals surface area contributed by atoms with Crippen molar-refractivity contribution in [2.45, 2.75) is 116 Å². The normalized spacial score (nSPS) is 48.2. The summed E-state index contributed by atoms with van der Waals surface area (Å²) in [5.74, 6) is -0.0898. The molecule has 2 N–H and O–H groups in total. The topological polar surface area (TPSA) is 86.6 Å². The molecule has 3 fully saturated rings. The van der Waals surface area contributed by atoms with Crippen LogP contribution in [0, 0.1) is 26.7 Å². The summed E-state index contributed by atoms with van der Waals surface area (Å²) in [5.41, 5.74) is -3.03. The smallest absolute Gasteiger partial charge is 0.368 e. The van der Waals surface area contributed by atoms with Crippen LogP contribution < -0.4 is 0 Å². The van der Waals surface area contributed by atoms with Crippen molar-refractivity contribution in [3.05, 3.63) is 39.2 Å². The van der Waals surface area contributed by atoms with Gasteiger partial charge < -0.3 is 46.3 Å². The zero-order chi connectivity index (χ0) is 24.8. The molecule has 0 radical (unpaired) electrons. The number of allylic oxidation sites excluding steroid dienone is 4. The van der Waals surface area contributed by atoms with Crippen molar-refractivity contribution in [2.75, 3.05) is 0 Å². The monoisotopic (exact) mass is 725 g/mol. The predicted molar refractivity (Wildman–Crippen MR) is 143 cm³/mol. The molecule has 214 valence electrons. The van der Waals surface area contributed by atoms with Crippen LogP contribution in [-0.2, 0) is 42.9 Å². The molecular formula is C26H50O7PtSi2. The van der Waals surface area contributed by atoms with Crippen LogP contribution in [0.25, 0.3) is 0 Å². The van der Waals surface area contributed by atoms with Gasteiger partial charge in [-0.2, -0.15) is 0 Å². The number of hydrogen-bond acceptors (Lipinski definition) is 7. The molecule has 8 unspecified atom stereocenters. The van der Waals surface area contributed by atoms with Crippen LogP contribution in [0.15, 0.2) is 24.3 Å². The van der Waals surface area contributed by atoms with E-state index < -0.39 is 40.5 Å². The quantitative estimate of drug-likeness (QED) is 0.216.